The fourth-order valence-electron chi connectivity index (χ4n) is 3.63. The van der Waals surface area contributed by atoms with E-state index in [-0.39, 0.29) is 11.9 Å². The van der Waals surface area contributed by atoms with Gasteiger partial charge in [0.05, 0.1) is 12.2 Å². The quantitative estimate of drug-likeness (QED) is 0.553. The number of anilines is 1. The molecule has 0 radical (unpaired) electrons. The molecule has 1 aliphatic rings. The Morgan fingerprint density at radius 1 is 1.13 bits per heavy atom. The van der Waals surface area contributed by atoms with Gasteiger partial charge in [0.2, 0.25) is 0 Å². The lowest BCUT2D eigenvalue weighted by atomic mass is 10.0. The maximum Gasteiger partial charge on any atom is 0.414 e. The highest BCUT2D eigenvalue weighted by Gasteiger charge is 2.32. The van der Waals surface area contributed by atoms with E-state index in [9.17, 15) is 14.0 Å². The van der Waals surface area contributed by atoms with Crippen molar-refractivity contribution in [3.8, 4) is 11.1 Å². The molecule has 0 spiro atoms. The first kappa shape index (κ1) is 19.9. The molecule has 5 nitrogen and oxygen atoms in total. The highest BCUT2D eigenvalue weighted by Crippen LogP contribution is 2.30. The van der Waals surface area contributed by atoms with E-state index in [0.717, 1.165) is 17.7 Å². The van der Waals surface area contributed by atoms with Crippen LogP contribution in [-0.2, 0) is 16.1 Å². The standard InChI is InChI=1S/C24H23FN2O3/c1-17(28)4-10-21-16-27(24(29)30-21)20-9-11-22(23(25)14-20)19-7-5-18(6-8-19)15-26-12-2-3-13-26/h2-3,5-9,11-14,21H,4,10,15-16H2,1H3/t21-/m0/s1. The summed E-state index contributed by atoms with van der Waals surface area (Å²) >= 11 is 0. The number of benzene rings is 2. The van der Waals surface area contributed by atoms with Gasteiger partial charge >= 0.3 is 6.09 Å². The smallest absolute Gasteiger partial charge is 0.414 e. The Morgan fingerprint density at radius 3 is 2.53 bits per heavy atom. The number of aromatic nitrogens is 1. The summed E-state index contributed by atoms with van der Waals surface area (Å²) in [5.41, 5.74) is 2.84. The highest BCUT2D eigenvalue weighted by atomic mass is 19.1. The lowest BCUT2D eigenvalue weighted by Gasteiger charge is -2.14. The third-order valence-electron chi connectivity index (χ3n) is 5.25. The molecule has 1 aromatic heterocycles. The minimum Gasteiger partial charge on any atom is -0.444 e. The van der Waals surface area contributed by atoms with E-state index in [0.29, 0.717) is 30.6 Å². The van der Waals surface area contributed by atoms with Gasteiger partial charge in [0.1, 0.15) is 17.7 Å². The lowest BCUT2D eigenvalue weighted by Crippen LogP contribution is -2.24. The zero-order valence-electron chi connectivity index (χ0n) is 16.8. The first-order valence-corrected chi connectivity index (χ1v) is 9.97. The molecule has 2 aromatic carbocycles. The molecule has 0 saturated carbocycles. The van der Waals surface area contributed by atoms with Crippen molar-refractivity contribution in [3.05, 3.63) is 78.4 Å². The SMILES string of the molecule is CC(=O)CC[C@H]1CN(c2ccc(-c3ccc(Cn4cccc4)cc3)c(F)c2)C(=O)O1. The summed E-state index contributed by atoms with van der Waals surface area (Å²) in [4.78, 5) is 24.7. The van der Waals surface area contributed by atoms with E-state index in [1.54, 1.807) is 12.1 Å². The summed E-state index contributed by atoms with van der Waals surface area (Å²) in [6, 6.07) is 16.5. The van der Waals surface area contributed by atoms with Gasteiger partial charge in [-0.1, -0.05) is 24.3 Å². The number of ketones is 1. The number of hydrogen-bond acceptors (Lipinski definition) is 3. The van der Waals surface area contributed by atoms with Crippen molar-refractivity contribution in [1.82, 2.24) is 4.57 Å². The van der Waals surface area contributed by atoms with Gasteiger partial charge in [0.25, 0.3) is 0 Å². The summed E-state index contributed by atoms with van der Waals surface area (Å²) in [6.45, 7) is 2.59. The van der Waals surface area contributed by atoms with Crippen LogP contribution in [0.15, 0.2) is 67.0 Å². The minimum atomic E-state index is -0.509. The van der Waals surface area contributed by atoms with Crippen LogP contribution in [0.4, 0.5) is 14.9 Å². The molecule has 154 valence electrons. The largest absolute Gasteiger partial charge is 0.444 e. The summed E-state index contributed by atoms with van der Waals surface area (Å²) in [7, 11) is 0. The van der Waals surface area contributed by atoms with Crippen molar-refractivity contribution in [2.24, 2.45) is 0 Å². The number of carbonyl (C=O) groups excluding carboxylic acids is 2. The maximum atomic E-state index is 14.8. The fraction of sp³-hybridized carbons (Fsp3) is 0.250. The number of Topliss-reactive ketones (excluding diaryl/α,β-unsaturated/α-hetero) is 1. The molecule has 2 heterocycles. The topological polar surface area (TPSA) is 51.5 Å². The molecule has 1 saturated heterocycles. The molecule has 1 amide bonds. The van der Waals surface area contributed by atoms with Crippen LogP contribution in [0.5, 0.6) is 0 Å². The molecule has 1 atom stereocenters. The second kappa shape index (κ2) is 8.53. The van der Waals surface area contributed by atoms with E-state index < -0.39 is 11.9 Å². The van der Waals surface area contributed by atoms with Crippen LogP contribution >= 0.6 is 0 Å². The van der Waals surface area contributed by atoms with Gasteiger partial charge in [0.15, 0.2) is 0 Å². The fourth-order valence-corrected chi connectivity index (χ4v) is 3.63. The monoisotopic (exact) mass is 406 g/mol. The van der Waals surface area contributed by atoms with Gasteiger partial charge in [-0.15, -0.1) is 0 Å². The van der Waals surface area contributed by atoms with Gasteiger partial charge in [-0.05, 0) is 54.8 Å². The average molecular weight is 406 g/mol. The number of halogens is 1. The number of hydrogen-bond donors (Lipinski definition) is 0. The number of rotatable bonds is 7. The average Bonchev–Trinajstić information content (AvgIpc) is 3.36. The normalized spacial score (nSPS) is 16.0. The molecular weight excluding hydrogens is 383 g/mol. The van der Waals surface area contributed by atoms with Crippen molar-refractivity contribution in [1.29, 1.82) is 0 Å². The van der Waals surface area contributed by atoms with Crippen LogP contribution < -0.4 is 4.90 Å². The van der Waals surface area contributed by atoms with Gasteiger partial charge in [-0.25, -0.2) is 9.18 Å². The van der Waals surface area contributed by atoms with Gasteiger partial charge in [-0.2, -0.15) is 0 Å². The van der Waals surface area contributed by atoms with Crippen molar-refractivity contribution in [2.75, 3.05) is 11.4 Å². The van der Waals surface area contributed by atoms with Gasteiger partial charge < -0.3 is 14.1 Å². The highest BCUT2D eigenvalue weighted by molar-refractivity contribution is 5.90. The molecule has 4 rings (SSSR count). The molecule has 1 fully saturated rings. The van der Waals surface area contributed by atoms with Gasteiger partial charge in [0, 0.05) is 30.9 Å². The Labute approximate surface area is 174 Å². The summed E-state index contributed by atoms with van der Waals surface area (Å²) in [6.07, 6.45) is 3.98. The molecule has 0 unspecified atom stereocenters. The zero-order valence-corrected chi connectivity index (χ0v) is 16.8. The number of cyclic esters (lactones) is 1. The molecule has 30 heavy (non-hydrogen) atoms. The third kappa shape index (κ3) is 4.43. The summed E-state index contributed by atoms with van der Waals surface area (Å²) in [5.74, 6) is -0.343. The van der Waals surface area contributed by atoms with Crippen LogP contribution in [-0.4, -0.2) is 29.1 Å². The Kier molecular flexibility index (Phi) is 5.65. The molecule has 0 N–H and O–H groups in total. The number of carbonyl (C=O) groups is 2. The number of amides is 1. The van der Waals surface area contributed by atoms with E-state index in [2.05, 4.69) is 4.57 Å². The van der Waals surface area contributed by atoms with Crippen LogP contribution in [0.25, 0.3) is 11.1 Å². The van der Waals surface area contributed by atoms with Crippen LogP contribution in [0, 0.1) is 5.82 Å². The Morgan fingerprint density at radius 2 is 1.87 bits per heavy atom. The molecule has 0 aliphatic carbocycles. The van der Waals surface area contributed by atoms with E-state index in [1.165, 1.54) is 17.9 Å². The Hall–Kier alpha value is -3.41. The number of ether oxygens (including phenoxy) is 1. The van der Waals surface area contributed by atoms with Crippen molar-refractivity contribution in [3.63, 3.8) is 0 Å². The predicted molar refractivity (Wildman–Crippen MR) is 113 cm³/mol. The van der Waals surface area contributed by atoms with Crippen LogP contribution in [0.1, 0.15) is 25.3 Å². The number of nitrogens with zero attached hydrogens (tertiary/aromatic N) is 2. The molecule has 1 aliphatic heterocycles. The zero-order chi connectivity index (χ0) is 21.1. The molecule has 3 aromatic rings. The third-order valence-corrected chi connectivity index (χ3v) is 5.25. The second-order valence-electron chi connectivity index (χ2n) is 7.57. The van der Waals surface area contributed by atoms with E-state index in [4.69, 9.17) is 4.74 Å². The predicted octanol–water partition coefficient (Wildman–Crippen LogP) is 5.04. The minimum absolute atomic E-state index is 0.0549. The Balaban J connectivity index is 1.47. The van der Waals surface area contributed by atoms with E-state index >= 15 is 0 Å². The van der Waals surface area contributed by atoms with E-state index in [1.807, 2.05) is 48.8 Å². The molecule has 6 heteroatoms. The summed E-state index contributed by atoms with van der Waals surface area (Å²) in [5, 5.41) is 0. The first-order chi connectivity index (χ1) is 14.5. The van der Waals surface area contributed by atoms with Crippen LogP contribution in [0.3, 0.4) is 0 Å². The lowest BCUT2D eigenvalue weighted by molar-refractivity contribution is -0.117. The molecular formula is C24H23FN2O3. The molecule has 0 bridgehead atoms. The maximum absolute atomic E-state index is 14.8. The summed E-state index contributed by atoms with van der Waals surface area (Å²) < 4.78 is 22.2. The van der Waals surface area contributed by atoms with Crippen molar-refractivity contribution >= 4 is 17.6 Å². The first-order valence-electron chi connectivity index (χ1n) is 9.97. The van der Waals surface area contributed by atoms with Crippen LogP contribution in [0.2, 0.25) is 0 Å². The van der Waals surface area contributed by atoms with Crippen molar-refractivity contribution < 1.29 is 18.7 Å². The van der Waals surface area contributed by atoms with Gasteiger partial charge in [-0.3, -0.25) is 4.90 Å². The van der Waals surface area contributed by atoms with Crippen molar-refractivity contribution in [2.45, 2.75) is 32.4 Å². The second-order valence-corrected chi connectivity index (χ2v) is 7.57. The Bertz CT molecular complexity index is 1040.